The second-order valence-electron chi connectivity index (χ2n) is 4.32. The summed E-state index contributed by atoms with van der Waals surface area (Å²) in [6, 6.07) is 9.66. The van der Waals surface area contributed by atoms with Gasteiger partial charge in [-0.25, -0.2) is 9.18 Å². The van der Waals surface area contributed by atoms with Crippen LogP contribution < -0.4 is 9.47 Å². The van der Waals surface area contributed by atoms with E-state index in [9.17, 15) is 14.0 Å². The third-order valence-corrected chi connectivity index (χ3v) is 2.83. The van der Waals surface area contributed by atoms with Crippen molar-refractivity contribution in [3.8, 4) is 11.5 Å². The van der Waals surface area contributed by atoms with Crippen molar-refractivity contribution in [2.24, 2.45) is 0 Å². The maximum atomic E-state index is 13.1. The van der Waals surface area contributed by atoms with Crippen molar-refractivity contribution in [1.82, 2.24) is 0 Å². The average Bonchev–Trinajstić information content (AvgIpc) is 2.47. The maximum Gasteiger partial charge on any atom is 0.343 e. The number of esters is 1. The highest BCUT2D eigenvalue weighted by Gasteiger charge is 2.15. The molecular formula is C16H13FO4. The van der Waals surface area contributed by atoms with Crippen LogP contribution in [-0.4, -0.2) is 18.9 Å². The molecule has 0 radical (unpaired) electrons. The molecule has 0 spiro atoms. The first kappa shape index (κ1) is 14.7. The van der Waals surface area contributed by atoms with E-state index >= 15 is 0 Å². The first-order valence-corrected chi connectivity index (χ1v) is 6.18. The van der Waals surface area contributed by atoms with Gasteiger partial charge in [-0.1, -0.05) is 6.07 Å². The molecule has 0 aliphatic carbocycles. The fourth-order valence-corrected chi connectivity index (χ4v) is 1.77. The molecule has 0 saturated carbocycles. The van der Waals surface area contributed by atoms with Crippen molar-refractivity contribution < 1.29 is 23.5 Å². The lowest BCUT2D eigenvalue weighted by molar-refractivity contribution is 0.0732. The lowest BCUT2D eigenvalue weighted by atomic mass is 10.1. The molecule has 0 bridgehead atoms. The molecule has 4 nitrogen and oxygen atoms in total. The van der Waals surface area contributed by atoms with Crippen molar-refractivity contribution in [1.29, 1.82) is 0 Å². The monoisotopic (exact) mass is 288 g/mol. The number of Topliss-reactive ketones (excluding diaryl/α,β-unsaturated/α-hetero) is 1. The van der Waals surface area contributed by atoms with Crippen LogP contribution in [0.5, 0.6) is 11.5 Å². The summed E-state index contributed by atoms with van der Waals surface area (Å²) in [5, 5.41) is 0. The minimum atomic E-state index is -0.734. The number of hydrogen-bond donors (Lipinski definition) is 0. The topological polar surface area (TPSA) is 52.6 Å². The van der Waals surface area contributed by atoms with Gasteiger partial charge in [-0.15, -0.1) is 0 Å². The van der Waals surface area contributed by atoms with Gasteiger partial charge in [0, 0.05) is 0 Å². The highest BCUT2D eigenvalue weighted by Crippen LogP contribution is 2.25. The Labute approximate surface area is 121 Å². The van der Waals surface area contributed by atoms with Crippen LogP contribution in [0.4, 0.5) is 4.39 Å². The smallest absolute Gasteiger partial charge is 0.343 e. The predicted octanol–water partition coefficient (Wildman–Crippen LogP) is 3.26. The number of hydrogen-bond acceptors (Lipinski definition) is 4. The molecule has 0 N–H and O–H groups in total. The van der Waals surface area contributed by atoms with Crippen molar-refractivity contribution in [3.05, 3.63) is 59.4 Å². The molecule has 5 heteroatoms. The van der Waals surface area contributed by atoms with Crippen molar-refractivity contribution >= 4 is 11.8 Å². The van der Waals surface area contributed by atoms with Gasteiger partial charge < -0.3 is 9.47 Å². The van der Waals surface area contributed by atoms with Gasteiger partial charge in [-0.05, 0) is 43.3 Å². The van der Waals surface area contributed by atoms with E-state index in [1.807, 2.05) is 0 Å². The summed E-state index contributed by atoms with van der Waals surface area (Å²) in [7, 11) is 1.47. The fraction of sp³-hybridized carbons (Fsp3) is 0.125. The van der Waals surface area contributed by atoms with E-state index in [0.717, 1.165) is 6.07 Å². The Bertz CT molecular complexity index is 694. The van der Waals surface area contributed by atoms with Gasteiger partial charge >= 0.3 is 5.97 Å². The molecule has 0 aliphatic rings. The number of ketones is 1. The fourth-order valence-electron chi connectivity index (χ4n) is 1.77. The van der Waals surface area contributed by atoms with Gasteiger partial charge in [0.25, 0.3) is 0 Å². The Morgan fingerprint density at radius 1 is 1.10 bits per heavy atom. The van der Waals surface area contributed by atoms with Crippen LogP contribution in [0.2, 0.25) is 0 Å². The van der Waals surface area contributed by atoms with Crippen LogP contribution in [0.3, 0.4) is 0 Å². The number of benzene rings is 2. The zero-order valence-electron chi connectivity index (χ0n) is 11.6. The van der Waals surface area contributed by atoms with Gasteiger partial charge in [-0.3, -0.25) is 4.79 Å². The molecule has 0 saturated heterocycles. The quantitative estimate of drug-likeness (QED) is 0.492. The minimum absolute atomic E-state index is 0.0697. The number of carbonyl (C=O) groups is 2. The number of carbonyl (C=O) groups excluding carboxylic acids is 2. The molecule has 2 aromatic rings. The third-order valence-electron chi connectivity index (χ3n) is 2.83. The second kappa shape index (κ2) is 6.17. The lowest BCUT2D eigenvalue weighted by Gasteiger charge is -2.10. The number of ether oxygens (including phenoxy) is 2. The summed E-state index contributed by atoms with van der Waals surface area (Å²) in [5.74, 6) is -0.951. The molecular weight excluding hydrogens is 275 g/mol. The molecule has 2 aromatic carbocycles. The number of halogens is 1. The average molecular weight is 288 g/mol. The van der Waals surface area contributed by atoms with E-state index in [1.54, 1.807) is 6.07 Å². The van der Waals surface area contributed by atoms with Crippen molar-refractivity contribution in [2.45, 2.75) is 6.92 Å². The summed E-state index contributed by atoms with van der Waals surface area (Å²) in [6.07, 6.45) is 0. The summed E-state index contributed by atoms with van der Waals surface area (Å²) >= 11 is 0. The van der Waals surface area contributed by atoms with Gasteiger partial charge in [-0.2, -0.15) is 0 Å². The van der Waals surface area contributed by atoms with Crippen LogP contribution in [0, 0.1) is 5.82 Å². The standard InChI is InChI=1S/C16H13FO4/c1-10(18)14-9-13(20-2)6-7-15(14)21-16(19)11-4-3-5-12(17)8-11/h3-9H,1-2H3. The van der Waals surface area contributed by atoms with Crippen molar-refractivity contribution in [3.63, 3.8) is 0 Å². The second-order valence-corrected chi connectivity index (χ2v) is 4.32. The van der Waals surface area contributed by atoms with Gasteiger partial charge in [0.15, 0.2) is 5.78 Å². The van der Waals surface area contributed by atoms with E-state index in [1.165, 1.54) is 44.4 Å². The largest absolute Gasteiger partial charge is 0.497 e. The molecule has 0 heterocycles. The Morgan fingerprint density at radius 2 is 1.86 bits per heavy atom. The predicted molar refractivity (Wildman–Crippen MR) is 74.4 cm³/mol. The van der Waals surface area contributed by atoms with Crippen LogP contribution in [0.25, 0.3) is 0 Å². The zero-order chi connectivity index (χ0) is 15.4. The number of methoxy groups -OCH3 is 1. The molecule has 0 atom stereocenters. The SMILES string of the molecule is COc1ccc(OC(=O)c2cccc(F)c2)c(C(C)=O)c1. The molecule has 0 fully saturated rings. The van der Waals surface area contributed by atoms with Crippen molar-refractivity contribution in [2.75, 3.05) is 7.11 Å². The highest BCUT2D eigenvalue weighted by atomic mass is 19.1. The van der Waals surface area contributed by atoms with E-state index in [0.29, 0.717) is 5.75 Å². The molecule has 0 aliphatic heterocycles. The zero-order valence-corrected chi connectivity index (χ0v) is 11.6. The Morgan fingerprint density at radius 3 is 2.48 bits per heavy atom. The first-order chi connectivity index (χ1) is 10.0. The van der Waals surface area contributed by atoms with E-state index in [2.05, 4.69) is 0 Å². The molecule has 0 aromatic heterocycles. The lowest BCUT2D eigenvalue weighted by Crippen LogP contribution is -2.11. The Hall–Kier alpha value is -2.69. The first-order valence-electron chi connectivity index (χ1n) is 6.18. The normalized spacial score (nSPS) is 10.0. The van der Waals surface area contributed by atoms with Crippen LogP contribution >= 0.6 is 0 Å². The summed E-state index contributed by atoms with van der Waals surface area (Å²) in [4.78, 5) is 23.6. The molecule has 108 valence electrons. The highest BCUT2D eigenvalue weighted by molar-refractivity contribution is 5.99. The van der Waals surface area contributed by atoms with Gasteiger partial charge in [0.05, 0.1) is 18.2 Å². The number of rotatable bonds is 4. The van der Waals surface area contributed by atoms with Crippen LogP contribution in [0.15, 0.2) is 42.5 Å². The molecule has 0 unspecified atom stereocenters. The maximum absolute atomic E-state index is 13.1. The van der Waals surface area contributed by atoms with Crippen LogP contribution in [0.1, 0.15) is 27.6 Å². The van der Waals surface area contributed by atoms with Gasteiger partial charge in [0.1, 0.15) is 17.3 Å². The molecule has 0 amide bonds. The third kappa shape index (κ3) is 3.45. The summed E-state index contributed by atoms with van der Waals surface area (Å²) in [5.41, 5.74) is 0.291. The Kier molecular flexibility index (Phi) is 4.33. The van der Waals surface area contributed by atoms with Crippen LogP contribution in [-0.2, 0) is 0 Å². The minimum Gasteiger partial charge on any atom is -0.497 e. The van der Waals surface area contributed by atoms with E-state index in [-0.39, 0.29) is 22.7 Å². The molecule has 21 heavy (non-hydrogen) atoms. The summed E-state index contributed by atoms with van der Waals surface area (Å²) in [6.45, 7) is 1.36. The Balaban J connectivity index is 2.31. The van der Waals surface area contributed by atoms with Gasteiger partial charge in [0.2, 0.25) is 0 Å². The van der Waals surface area contributed by atoms with E-state index < -0.39 is 11.8 Å². The van der Waals surface area contributed by atoms with E-state index in [4.69, 9.17) is 9.47 Å². The summed E-state index contributed by atoms with van der Waals surface area (Å²) < 4.78 is 23.3. The molecule has 2 rings (SSSR count).